The molecule has 0 saturated heterocycles. The van der Waals surface area contributed by atoms with E-state index < -0.39 is 11.1 Å². The smallest absolute Gasteiger partial charge is 0.320 e. The lowest BCUT2D eigenvalue weighted by molar-refractivity contribution is 0.0706. The molecule has 0 saturated carbocycles. The first-order valence-electron chi connectivity index (χ1n) is 7.77. The number of amides is 3. The third-order valence-corrected chi connectivity index (χ3v) is 4.47. The Morgan fingerprint density at radius 2 is 2.24 bits per heavy atom. The number of methoxy groups -OCH3 is 1. The highest BCUT2D eigenvalue weighted by Gasteiger charge is 2.36. The summed E-state index contributed by atoms with van der Waals surface area (Å²) in [7, 11) is 6.93. The van der Waals surface area contributed by atoms with E-state index in [0.717, 1.165) is 5.56 Å². The number of hydrogen-bond donors (Lipinski definition) is 2. The van der Waals surface area contributed by atoms with E-state index in [9.17, 15) is 9.59 Å². The average Bonchev–Trinajstić information content (AvgIpc) is 2.74. The summed E-state index contributed by atoms with van der Waals surface area (Å²) in [5.41, 5.74) is 2.63. The van der Waals surface area contributed by atoms with Crippen molar-refractivity contribution in [2.75, 3.05) is 33.9 Å². The minimum atomic E-state index is -0.725. The molecule has 25 heavy (non-hydrogen) atoms. The summed E-state index contributed by atoms with van der Waals surface area (Å²) < 4.78 is 10.8. The molecule has 3 radical (unpaired) electrons. The number of rotatable bonds is 4. The van der Waals surface area contributed by atoms with Crippen LogP contribution in [0.2, 0.25) is 0 Å². The number of hydroxylamine groups is 1. The third kappa shape index (κ3) is 4.30. The molecule has 1 aliphatic heterocycles. The van der Waals surface area contributed by atoms with Crippen LogP contribution in [-0.4, -0.2) is 76.3 Å². The summed E-state index contributed by atoms with van der Waals surface area (Å²) in [4.78, 5) is 27.6. The Balaban J connectivity index is 2.28. The summed E-state index contributed by atoms with van der Waals surface area (Å²) in [5.74, 6) is -0.121. The highest BCUT2D eigenvalue weighted by Crippen LogP contribution is 2.30. The Hall–Kier alpha value is -2.10. The van der Waals surface area contributed by atoms with E-state index in [1.807, 2.05) is 6.92 Å². The van der Waals surface area contributed by atoms with E-state index in [1.54, 1.807) is 47.6 Å². The maximum atomic E-state index is 12.8. The molecule has 1 atom stereocenters. The van der Waals surface area contributed by atoms with E-state index in [4.69, 9.17) is 14.7 Å². The SMILES string of the molecule is COCCN(C)C(=O)N1Cc2ccc(C(=O)NO)cc2OC[C@@]1(C)[Si]. The molecule has 1 aromatic carbocycles. The minimum absolute atomic E-state index is 0.164. The van der Waals surface area contributed by atoms with Gasteiger partial charge < -0.3 is 19.3 Å². The topological polar surface area (TPSA) is 91.3 Å². The fraction of sp³-hybridized carbons (Fsp3) is 0.500. The van der Waals surface area contributed by atoms with Gasteiger partial charge in [-0.25, -0.2) is 10.3 Å². The molecule has 1 heterocycles. The van der Waals surface area contributed by atoms with Crippen molar-refractivity contribution in [2.45, 2.75) is 18.6 Å². The number of benzene rings is 1. The van der Waals surface area contributed by atoms with Crippen LogP contribution in [0.15, 0.2) is 18.2 Å². The number of carbonyl (C=O) groups is 2. The van der Waals surface area contributed by atoms with Crippen molar-refractivity contribution in [3.63, 3.8) is 0 Å². The molecule has 3 amide bonds. The summed E-state index contributed by atoms with van der Waals surface area (Å²) in [5, 5.41) is 8.04. The maximum absolute atomic E-state index is 12.8. The lowest BCUT2D eigenvalue weighted by Gasteiger charge is -2.38. The van der Waals surface area contributed by atoms with E-state index in [1.165, 1.54) is 0 Å². The molecule has 1 aromatic rings. The first kappa shape index (κ1) is 19.2. The number of nitrogens with zero attached hydrogens (tertiary/aromatic N) is 2. The Bertz CT molecular complexity index is 653. The van der Waals surface area contributed by atoms with Gasteiger partial charge in [0, 0.05) is 31.8 Å². The number of hydrogen-bond acceptors (Lipinski definition) is 5. The third-order valence-electron chi connectivity index (χ3n) is 4.05. The molecular weight excluding hydrogens is 342 g/mol. The lowest BCUT2D eigenvalue weighted by atomic mass is 10.1. The molecule has 2 N–H and O–H groups in total. The lowest BCUT2D eigenvalue weighted by Crippen LogP contribution is -2.56. The van der Waals surface area contributed by atoms with Crippen LogP contribution < -0.4 is 10.2 Å². The van der Waals surface area contributed by atoms with Gasteiger partial charge in [-0.2, -0.15) is 0 Å². The van der Waals surface area contributed by atoms with Crippen LogP contribution in [0.25, 0.3) is 0 Å². The predicted molar refractivity (Wildman–Crippen MR) is 90.8 cm³/mol. The maximum Gasteiger partial charge on any atom is 0.320 e. The van der Waals surface area contributed by atoms with Crippen LogP contribution >= 0.6 is 0 Å². The van der Waals surface area contributed by atoms with Gasteiger partial charge in [0.25, 0.3) is 5.91 Å². The van der Waals surface area contributed by atoms with Gasteiger partial charge in [-0.05, 0) is 19.1 Å². The van der Waals surface area contributed by atoms with Gasteiger partial charge in [0.15, 0.2) is 0 Å². The minimum Gasteiger partial charge on any atom is -0.491 e. The number of likely N-dealkylation sites (N-methyl/N-ethyl adjacent to an activating group) is 1. The number of fused-ring (bicyclic) bond motifs is 1. The molecule has 0 aliphatic carbocycles. The molecule has 9 heteroatoms. The molecule has 0 bridgehead atoms. The van der Waals surface area contributed by atoms with Crippen molar-refractivity contribution >= 4 is 22.2 Å². The van der Waals surface area contributed by atoms with Crippen molar-refractivity contribution in [3.05, 3.63) is 29.3 Å². The normalized spacial score (nSPS) is 19.5. The summed E-state index contributed by atoms with van der Waals surface area (Å²) in [6.45, 7) is 3.27. The Morgan fingerprint density at radius 1 is 1.52 bits per heavy atom. The van der Waals surface area contributed by atoms with Crippen LogP contribution in [0.5, 0.6) is 5.75 Å². The monoisotopic (exact) mass is 364 g/mol. The van der Waals surface area contributed by atoms with Gasteiger partial charge in [0.05, 0.1) is 28.6 Å². The van der Waals surface area contributed by atoms with Crippen LogP contribution in [0.3, 0.4) is 0 Å². The van der Waals surface area contributed by atoms with Crippen LogP contribution in [0, 0.1) is 0 Å². The molecule has 0 spiro atoms. The number of nitrogens with one attached hydrogen (secondary N) is 1. The van der Waals surface area contributed by atoms with E-state index >= 15 is 0 Å². The fourth-order valence-corrected chi connectivity index (χ4v) is 2.72. The van der Waals surface area contributed by atoms with Crippen LogP contribution in [-0.2, 0) is 11.3 Å². The summed E-state index contributed by atoms with van der Waals surface area (Å²) in [6, 6.07) is 4.67. The van der Waals surface area contributed by atoms with Crippen molar-refractivity contribution in [1.82, 2.24) is 15.3 Å². The van der Waals surface area contributed by atoms with E-state index in [0.29, 0.717) is 25.4 Å². The molecule has 135 valence electrons. The van der Waals surface area contributed by atoms with Gasteiger partial charge in [-0.1, -0.05) is 6.07 Å². The van der Waals surface area contributed by atoms with E-state index in [-0.39, 0.29) is 18.2 Å². The zero-order valence-corrected chi connectivity index (χ0v) is 15.5. The molecule has 1 aliphatic rings. The second-order valence-corrected chi connectivity index (χ2v) is 7.19. The van der Waals surface area contributed by atoms with E-state index in [2.05, 4.69) is 10.2 Å². The quantitative estimate of drug-likeness (QED) is 0.463. The van der Waals surface area contributed by atoms with Gasteiger partial charge >= 0.3 is 6.03 Å². The second-order valence-electron chi connectivity index (χ2n) is 6.11. The summed E-state index contributed by atoms with van der Waals surface area (Å²) in [6.07, 6.45) is 0. The Morgan fingerprint density at radius 3 is 2.88 bits per heavy atom. The van der Waals surface area contributed by atoms with Crippen LogP contribution in [0.1, 0.15) is 22.8 Å². The van der Waals surface area contributed by atoms with Crippen LogP contribution in [0.4, 0.5) is 4.79 Å². The number of ether oxygens (including phenoxy) is 2. The molecule has 8 nitrogen and oxygen atoms in total. The molecule has 0 unspecified atom stereocenters. The van der Waals surface area contributed by atoms with Gasteiger partial charge in [0.1, 0.15) is 12.4 Å². The van der Waals surface area contributed by atoms with Crippen molar-refractivity contribution in [2.24, 2.45) is 0 Å². The van der Waals surface area contributed by atoms with Gasteiger partial charge in [-0.15, -0.1) is 0 Å². The van der Waals surface area contributed by atoms with Crippen molar-refractivity contribution in [1.29, 1.82) is 0 Å². The highest BCUT2D eigenvalue weighted by atomic mass is 28.1. The zero-order valence-electron chi connectivity index (χ0n) is 14.5. The van der Waals surface area contributed by atoms with Crippen molar-refractivity contribution < 1.29 is 24.3 Å². The average molecular weight is 364 g/mol. The Labute approximate surface area is 150 Å². The zero-order chi connectivity index (χ0) is 18.6. The first-order chi connectivity index (χ1) is 11.8. The van der Waals surface area contributed by atoms with Gasteiger partial charge in [-0.3, -0.25) is 10.0 Å². The number of urea groups is 1. The predicted octanol–water partition coefficient (Wildman–Crippen LogP) is 0.583. The summed E-state index contributed by atoms with van der Waals surface area (Å²) >= 11 is 0. The second kappa shape index (κ2) is 7.85. The van der Waals surface area contributed by atoms with Crippen molar-refractivity contribution in [3.8, 4) is 5.75 Å². The standard InChI is InChI=1S/C16H22N3O5Si/c1-16(25)10-24-13-8-11(14(20)17-22)4-5-12(13)9-19(16)15(21)18(2)6-7-23-3/h4-5,8,22H,6-7,9-10H2,1-3H3,(H,17,20)/t16-/m1/s1. The highest BCUT2D eigenvalue weighted by molar-refractivity contribution is 6.16. The molecular formula is C16H22N3O5Si. The molecule has 0 aromatic heterocycles. The molecule has 0 fully saturated rings. The number of carbonyl (C=O) groups excluding carboxylic acids is 2. The molecule has 2 rings (SSSR count). The first-order valence-corrected chi connectivity index (χ1v) is 8.27. The van der Waals surface area contributed by atoms with Gasteiger partial charge in [0.2, 0.25) is 0 Å². The Kier molecular flexibility index (Phi) is 6.04. The largest absolute Gasteiger partial charge is 0.491 e. The fourth-order valence-electron chi connectivity index (χ4n) is 2.48.